The van der Waals surface area contributed by atoms with Gasteiger partial charge in [-0.3, -0.25) is 4.79 Å². The van der Waals surface area contributed by atoms with Crippen LogP contribution >= 0.6 is 34.5 Å². The number of nitrogens with zero attached hydrogens (tertiary/aromatic N) is 1. The molecule has 0 atom stereocenters. The Bertz CT molecular complexity index is 600. The molecule has 2 aromatic rings. The summed E-state index contributed by atoms with van der Waals surface area (Å²) in [5, 5.41) is 2.91. The number of hydrogen-bond donors (Lipinski definition) is 2. The van der Waals surface area contributed by atoms with Crippen LogP contribution in [0.3, 0.4) is 0 Å². The molecule has 19 heavy (non-hydrogen) atoms. The summed E-state index contributed by atoms with van der Waals surface area (Å²) < 4.78 is 0.740. The highest BCUT2D eigenvalue weighted by Gasteiger charge is 2.11. The highest BCUT2D eigenvalue weighted by molar-refractivity contribution is 7.16. The van der Waals surface area contributed by atoms with Gasteiger partial charge in [0.2, 0.25) is 0 Å². The minimum absolute atomic E-state index is 0.144. The van der Waals surface area contributed by atoms with E-state index < -0.39 is 0 Å². The van der Waals surface area contributed by atoms with Crippen LogP contribution in [0.1, 0.15) is 15.2 Å². The first-order valence-electron chi connectivity index (χ1n) is 5.49. The molecular formula is C12H11Cl2N3OS. The van der Waals surface area contributed by atoms with E-state index in [1.807, 2.05) is 12.1 Å². The van der Waals surface area contributed by atoms with Crippen LogP contribution in [0.25, 0.3) is 0 Å². The zero-order valence-corrected chi connectivity index (χ0v) is 12.1. The lowest BCUT2D eigenvalue weighted by Crippen LogP contribution is -2.26. The molecule has 0 saturated carbocycles. The minimum Gasteiger partial charge on any atom is -0.397 e. The molecule has 0 aliphatic rings. The molecule has 0 unspecified atom stereocenters. The maximum atomic E-state index is 11.9. The maximum Gasteiger partial charge on any atom is 0.254 e. The van der Waals surface area contributed by atoms with Crippen molar-refractivity contribution in [1.82, 2.24) is 10.3 Å². The van der Waals surface area contributed by atoms with Crippen molar-refractivity contribution in [3.8, 4) is 0 Å². The van der Waals surface area contributed by atoms with Gasteiger partial charge in [0.15, 0.2) is 0 Å². The molecular weight excluding hydrogens is 305 g/mol. The van der Waals surface area contributed by atoms with E-state index in [1.165, 1.54) is 23.6 Å². The van der Waals surface area contributed by atoms with Crippen LogP contribution in [0.2, 0.25) is 9.49 Å². The molecule has 3 N–H and O–H groups in total. The van der Waals surface area contributed by atoms with E-state index in [9.17, 15) is 4.79 Å². The second-order valence-electron chi connectivity index (χ2n) is 3.82. The van der Waals surface area contributed by atoms with Crippen molar-refractivity contribution < 1.29 is 4.79 Å². The molecule has 0 aliphatic carbocycles. The van der Waals surface area contributed by atoms with Crippen molar-refractivity contribution in [2.45, 2.75) is 6.42 Å². The van der Waals surface area contributed by atoms with Crippen molar-refractivity contribution in [3.63, 3.8) is 0 Å². The molecule has 2 heterocycles. The monoisotopic (exact) mass is 315 g/mol. The molecule has 0 saturated heterocycles. The third kappa shape index (κ3) is 3.83. The number of aromatic nitrogens is 1. The summed E-state index contributed by atoms with van der Waals surface area (Å²) in [6, 6.07) is 5.28. The summed E-state index contributed by atoms with van der Waals surface area (Å²) in [5.41, 5.74) is 6.26. The standard InChI is InChI=1S/C12H11Cl2N3OS/c13-10-2-1-8(19-10)3-4-16-12(18)9-5-7(15)6-17-11(9)14/h1-2,5-6H,3-4,15H2,(H,16,18). The van der Waals surface area contributed by atoms with E-state index in [0.717, 1.165) is 15.6 Å². The van der Waals surface area contributed by atoms with E-state index in [4.69, 9.17) is 28.9 Å². The largest absolute Gasteiger partial charge is 0.397 e. The summed E-state index contributed by atoms with van der Waals surface area (Å²) in [7, 11) is 0. The number of anilines is 1. The van der Waals surface area contributed by atoms with Gasteiger partial charge in [-0.2, -0.15) is 0 Å². The van der Waals surface area contributed by atoms with Gasteiger partial charge in [-0.05, 0) is 24.6 Å². The summed E-state index contributed by atoms with van der Waals surface area (Å²) in [5.74, 6) is -0.285. The third-order valence-corrected chi connectivity index (χ3v) is 3.98. The number of rotatable bonds is 4. The highest BCUT2D eigenvalue weighted by Crippen LogP contribution is 2.21. The minimum atomic E-state index is -0.285. The van der Waals surface area contributed by atoms with Gasteiger partial charge in [0.1, 0.15) is 5.15 Å². The first-order chi connectivity index (χ1) is 9.06. The lowest BCUT2D eigenvalue weighted by molar-refractivity contribution is 0.0954. The molecule has 0 radical (unpaired) electrons. The number of hydrogen-bond acceptors (Lipinski definition) is 4. The Balaban J connectivity index is 1.92. The normalized spacial score (nSPS) is 10.4. The van der Waals surface area contributed by atoms with Gasteiger partial charge < -0.3 is 11.1 Å². The molecule has 2 aromatic heterocycles. The predicted octanol–water partition coefficient (Wildman–Crippen LogP) is 3.00. The molecule has 0 fully saturated rings. The average Bonchev–Trinajstić information content (AvgIpc) is 2.78. The summed E-state index contributed by atoms with van der Waals surface area (Å²) in [6.07, 6.45) is 2.13. The second-order valence-corrected chi connectivity index (χ2v) is 5.98. The predicted molar refractivity (Wildman–Crippen MR) is 79.0 cm³/mol. The first kappa shape index (κ1) is 14.1. The van der Waals surface area contributed by atoms with Crippen LogP contribution < -0.4 is 11.1 Å². The van der Waals surface area contributed by atoms with Crippen LogP contribution in [0.5, 0.6) is 0 Å². The Morgan fingerprint density at radius 2 is 2.21 bits per heavy atom. The fourth-order valence-corrected chi connectivity index (χ4v) is 2.78. The average molecular weight is 316 g/mol. The number of halogens is 2. The van der Waals surface area contributed by atoms with Crippen molar-refractivity contribution in [2.75, 3.05) is 12.3 Å². The van der Waals surface area contributed by atoms with Gasteiger partial charge in [-0.25, -0.2) is 4.98 Å². The van der Waals surface area contributed by atoms with E-state index in [-0.39, 0.29) is 16.6 Å². The van der Waals surface area contributed by atoms with Crippen LogP contribution in [0.15, 0.2) is 24.4 Å². The van der Waals surface area contributed by atoms with Gasteiger partial charge in [0, 0.05) is 11.4 Å². The number of nitrogens with one attached hydrogen (secondary N) is 1. The Morgan fingerprint density at radius 3 is 2.89 bits per heavy atom. The number of nitrogens with two attached hydrogens (primary N) is 1. The second kappa shape index (κ2) is 6.23. The lowest BCUT2D eigenvalue weighted by Gasteiger charge is -2.06. The van der Waals surface area contributed by atoms with Crippen LogP contribution in [0.4, 0.5) is 5.69 Å². The van der Waals surface area contributed by atoms with E-state index in [1.54, 1.807) is 0 Å². The molecule has 100 valence electrons. The highest BCUT2D eigenvalue weighted by atomic mass is 35.5. The molecule has 0 aromatic carbocycles. The van der Waals surface area contributed by atoms with E-state index in [0.29, 0.717) is 12.2 Å². The fraction of sp³-hybridized carbons (Fsp3) is 0.167. The van der Waals surface area contributed by atoms with E-state index >= 15 is 0 Å². The van der Waals surface area contributed by atoms with Crippen molar-refractivity contribution in [3.05, 3.63) is 44.3 Å². The fourth-order valence-electron chi connectivity index (χ4n) is 1.50. The van der Waals surface area contributed by atoms with Gasteiger partial charge in [0.05, 0.1) is 21.8 Å². The van der Waals surface area contributed by atoms with Crippen LogP contribution in [-0.4, -0.2) is 17.4 Å². The molecule has 1 amide bonds. The Kier molecular flexibility index (Phi) is 4.63. The molecule has 0 bridgehead atoms. The summed E-state index contributed by atoms with van der Waals surface area (Å²) in [4.78, 5) is 16.8. The Labute approximate surface area is 124 Å². The van der Waals surface area contributed by atoms with Crippen molar-refractivity contribution in [2.24, 2.45) is 0 Å². The van der Waals surface area contributed by atoms with Gasteiger partial charge in [-0.1, -0.05) is 23.2 Å². The Morgan fingerprint density at radius 1 is 1.42 bits per heavy atom. The van der Waals surface area contributed by atoms with Crippen LogP contribution in [-0.2, 0) is 6.42 Å². The van der Waals surface area contributed by atoms with Crippen LogP contribution in [0, 0.1) is 0 Å². The molecule has 4 nitrogen and oxygen atoms in total. The zero-order chi connectivity index (χ0) is 13.8. The lowest BCUT2D eigenvalue weighted by atomic mass is 10.2. The first-order valence-corrected chi connectivity index (χ1v) is 7.07. The Hall–Kier alpha value is -1.30. The smallest absolute Gasteiger partial charge is 0.254 e. The zero-order valence-electron chi connectivity index (χ0n) is 9.82. The molecule has 0 spiro atoms. The topological polar surface area (TPSA) is 68.0 Å². The van der Waals surface area contributed by atoms with Crippen molar-refractivity contribution >= 4 is 46.1 Å². The number of amides is 1. The SMILES string of the molecule is Nc1cnc(Cl)c(C(=O)NCCc2ccc(Cl)s2)c1. The number of thiophene rings is 1. The van der Waals surface area contributed by atoms with Gasteiger partial charge in [0.25, 0.3) is 5.91 Å². The number of carbonyl (C=O) groups is 1. The number of nitrogen functional groups attached to an aromatic ring is 1. The number of carbonyl (C=O) groups excluding carboxylic acids is 1. The van der Waals surface area contributed by atoms with Crippen molar-refractivity contribution in [1.29, 1.82) is 0 Å². The summed E-state index contributed by atoms with van der Waals surface area (Å²) >= 11 is 13.2. The maximum absolute atomic E-state index is 11.9. The van der Waals surface area contributed by atoms with Gasteiger partial charge in [-0.15, -0.1) is 11.3 Å². The molecule has 7 heteroatoms. The van der Waals surface area contributed by atoms with E-state index in [2.05, 4.69) is 10.3 Å². The quantitative estimate of drug-likeness (QED) is 0.852. The third-order valence-electron chi connectivity index (χ3n) is 2.39. The van der Waals surface area contributed by atoms with Gasteiger partial charge >= 0.3 is 0 Å². The number of pyridine rings is 1. The molecule has 0 aliphatic heterocycles. The summed E-state index contributed by atoms with van der Waals surface area (Å²) in [6.45, 7) is 0.501. The molecule has 2 rings (SSSR count).